The number of alkyl halides is 5. The summed E-state index contributed by atoms with van der Waals surface area (Å²) in [5.41, 5.74) is -0.517. The number of amides is 1. The zero-order chi connectivity index (χ0) is 22.2. The molecule has 1 N–H and O–H groups in total. The average Bonchev–Trinajstić information content (AvgIpc) is 3.01. The Morgan fingerprint density at radius 3 is 2.42 bits per heavy atom. The van der Waals surface area contributed by atoms with E-state index in [1.165, 1.54) is 24.3 Å². The lowest BCUT2D eigenvalue weighted by molar-refractivity contribution is -0.286. The van der Waals surface area contributed by atoms with Gasteiger partial charge in [0, 0.05) is 44.1 Å². The summed E-state index contributed by atoms with van der Waals surface area (Å²) in [6.07, 6.45) is -7.36. The third-order valence-corrected chi connectivity index (χ3v) is 4.82. The molecule has 3 heterocycles. The molecule has 0 aliphatic carbocycles. The van der Waals surface area contributed by atoms with Crippen LogP contribution < -0.4 is 19.7 Å². The van der Waals surface area contributed by atoms with Crippen molar-refractivity contribution in [3.63, 3.8) is 0 Å². The molecule has 31 heavy (non-hydrogen) atoms. The molecule has 2 aromatic rings. The molecule has 0 spiro atoms. The molecule has 0 saturated carbocycles. The van der Waals surface area contributed by atoms with Crippen LogP contribution in [0.5, 0.6) is 11.5 Å². The highest BCUT2D eigenvalue weighted by molar-refractivity contribution is 5.92. The van der Waals surface area contributed by atoms with E-state index in [4.69, 9.17) is 0 Å². The van der Waals surface area contributed by atoms with Gasteiger partial charge in [-0.15, -0.1) is 8.78 Å². The molecule has 4 rings (SSSR count). The van der Waals surface area contributed by atoms with Crippen molar-refractivity contribution in [1.29, 1.82) is 0 Å². The summed E-state index contributed by atoms with van der Waals surface area (Å²) in [5.74, 6) is -0.183. The molecule has 1 fully saturated rings. The van der Waals surface area contributed by atoms with E-state index in [0.29, 0.717) is 32.0 Å². The van der Waals surface area contributed by atoms with Crippen molar-refractivity contribution in [2.24, 2.45) is 0 Å². The molecule has 2 aliphatic rings. The van der Waals surface area contributed by atoms with Gasteiger partial charge in [0.1, 0.15) is 5.82 Å². The van der Waals surface area contributed by atoms with Crippen molar-refractivity contribution in [2.45, 2.75) is 12.5 Å². The Balaban J connectivity index is 1.27. The van der Waals surface area contributed by atoms with Crippen LogP contribution in [0.15, 0.2) is 36.5 Å². The molecule has 1 aromatic heterocycles. The summed E-state index contributed by atoms with van der Waals surface area (Å²) < 4.78 is 72.7. The number of benzene rings is 1. The highest BCUT2D eigenvalue weighted by Gasteiger charge is 2.43. The van der Waals surface area contributed by atoms with E-state index in [0.717, 1.165) is 12.3 Å². The fourth-order valence-corrected chi connectivity index (χ4v) is 3.31. The minimum atomic E-state index is -4.43. The molecule has 0 bridgehead atoms. The maximum absolute atomic E-state index is 13.1. The van der Waals surface area contributed by atoms with Crippen LogP contribution in [0, 0.1) is 0 Å². The number of halogens is 5. The highest BCUT2D eigenvalue weighted by Crippen LogP contribution is 2.42. The Hall–Kier alpha value is -3.15. The number of anilines is 2. The van der Waals surface area contributed by atoms with E-state index in [2.05, 4.69) is 19.8 Å². The van der Waals surface area contributed by atoms with Crippen molar-refractivity contribution < 1.29 is 36.2 Å². The minimum Gasteiger partial charge on any atom is -0.395 e. The molecule has 2 aliphatic heterocycles. The monoisotopic (exact) mass is 444 g/mol. The Bertz CT molecular complexity index is 960. The van der Waals surface area contributed by atoms with Gasteiger partial charge in [-0.3, -0.25) is 9.69 Å². The quantitative estimate of drug-likeness (QED) is 0.731. The zero-order valence-corrected chi connectivity index (χ0v) is 16.0. The maximum Gasteiger partial charge on any atom is 0.586 e. The first-order chi connectivity index (χ1) is 14.6. The molecule has 166 valence electrons. The van der Waals surface area contributed by atoms with Gasteiger partial charge in [0.15, 0.2) is 11.5 Å². The molecular weight excluding hydrogens is 427 g/mol. The van der Waals surface area contributed by atoms with Gasteiger partial charge in [-0.05, 0) is 24.3 Å². The van der Waals surface area contributed by atoms with Gasteiger partial charge in [-0.1, -0.05) is 0 Å². The highest BCUT2D eigenvalue weighted by atomic mass is 19.4. The van der Waals surface area contributed by atoms with Gasteiger partial charge in [-0.25, -0.2) is 4.98 Å². The van der Waals surface area contributed by atoms with Crippen molar-refractivity contribution in [3.8, 4) is 11.5 Å². The normalized spacial score (nSPS) is 18.2. The second-order valence-corrected chi connectivity index (χ2v) is 7.04. The van der Waals surface area contributed by atoms with Gasteiger partial charge >= 0.3 is 12.5 Å². The van der Waals surface area contributed by atoms with E-state index >= 15 is 0 Å². The van der Waals surface area contributed by atoms with Crippen LogP contribution in [0.1, 0.15) is 5.56 Å². The average molecular weight is 444 g/mol. The van der Waals surface area contributed by atoms with Gasteiger partial charge in [0.05, 0.1) is 12.1 Å². The summed E-state index contributed by atoms with van der Waals surface area (Å²) in [7, 11) is 0. The van der Waals surface area contributed by atoms with Crippen molar-refractivity contribution in [2.75, 3.05) is 42.9 Å². The van der Waals surface area contributed by atoms with Crippen LogP contribution in [-0.2, 0) is 11.0 Å². The number of aromatic nitrogens is 1. The predicted molar refractivity (Wildman–Crippen MR) is 99.2 cm³/mol. The molecular formula is C19H17F5N4O3. The van der Waals surface area contributed by atoms with Crippen LogP contribution in [0.4, 0.5) is 33.5 Å². The van der Waals surface area contributed by atoms with Gasteiger partial charge in [0.25, 0.3) is 0 Å². The van der Waals surface area contributed by atoms with Crippen LogP contribution in [0.3, 0.4) is 0 Å². The Morgan fingerprint density at radius 1 is 1.06 bits per heavy atom. The first-order valence-electron chi connectivity index (χ1n) is 9.29. The molecule has 12 heteroatoms. The lowest BCUT2D eigenvalue weighted by atomic mass is 10.2. The summed E-state index contributed by atoms with van der Waals surface area (Å²) in [5, 5.41) is 2.62. The topological polar surface area (TPSA) is 66.9 Å². The number of rotatable bonds is 4. The fraction of sp³-hybridized carbons (Fsp3) is 0.368. The number of nitrogens with one attached hydrogen (secondary N) is 1. The number of nitrogens with zero attached hydrogens (tertiary/aromatic N) is 3. The number of carbonyl (C=O) groups is 1. The summed E-state index contributed by atoms with van der Waals surface area (Å²) >= 11 is 0. The SMILES string of the molecule is O=C(CN1CCN(c2ccc(C(F)(F)F)cn2)CC1)Nc1ccc2c(c1)OC(F)(F)O2. The molecule has 1 amide bonds. The first kappa shape index (κ1) is 21.1. The second kappa shape index (κ2) is 7.84. The number of fused-ring (bicyclic) bond motifs is 1. The molecule has 0 atom stereocenters. The molecule has 1 aromatic carbocycles. The Kier molecular flexibility index (Phi) is 5.33. The summed E-state index contributed by atoms with van der Waals surface area (Å²) in [4.78, 5) is 19.9. The van der Waals surface area contributed by atoms with E-state index in [1.54, 1.807) is 0 Å². The largest absolute Gasteiger partial charge is 0.586 e. The molecule has 1 saturated heterocycles. The minimum absolute atomic E-state index is 0.0683. The molecule has 0 unspecified atom stereocenters. The lowest BCUT2D eigenvalue weighted by Gasteiger charge is -2.35. The van der Waals surface area contributed by atoms with Crippen molar-refractivity contribution in [1.82, 2.24) is 9.88 Å². The van der Waals surface area contributed by atoms with Gasteiger partial charge in [0.2, 0.25) is 5.91 Å². The second-order valence-electron chi connectivity index (χ2n) is 7.04. The number of ether oxygens (including phenoxy) is 2. The van der Waals surface area contributed by atoms with Crippen molar-refractivity contribution in [3.05, 3.63) is 42.1 Å². The zero-order valence-electron chi connectivity index (χ0n) is 16.0. The third kappa shape index (κ3) is 4.95. The first-order valence-corrected chi connectivity index (χ1v) is 9.29. The van der Waals surface area contributed by atoms with E-state index < -0.39 is 18.0 Å². The molecule has 7 nitrogen and oxygen atoms in total. The van der Waals surface area contributed by atoms with Crippen LogP contribution >= 0.6 is 0 Å². The van der Waals surface area contributed by atoms with E-state index in [-0.39, 0.29) is 29.6 Å². The summed E-state index contributed by atoms with van der Waals surface area (Å²) in [6.45, 7) is 2.06. The Labute approximate surface area is 173 Å². The van der Waals surface area contributed by atoms with Crippen LogP contribution in [0.2, 0.25) is 0 Å². The number of hydrogen-bond acceptors (Lipinski definition) is 6. The maximum atomic E-state index is 13.1. The smallest absolute Gasteiger partial charge is 0.395 e. The van der Waals surface area contributed by atoms with E-state index in [1.807, 2.05) is 9.80 Å². The van der Waals surface area contributed by atoms with Crippen molar-refractivity contribution >= 4 is 17.4 Å². The lowest BCUT2D eigenvalue weighted by Crippen LogP contribution is -2.48. The third-order valence-electron chi connectivity index (χ3n) is 4.82. The number of carbonyl (C=O) groups excluding carboxylic acids is 1. The Morgan fingerprint density at radius 2 is 1.77 bits per heavy atom. The number of hydrogen-bond donors (Lipinski definition) is 1. The van der Waals surface area contributed by atoms with Crippen LogP contribution in [-0.4, -0.2) is 54.8 Å². The predicted octanol–water partition coefficient (Wildman–Crippen LogP) is 3.18. The molecule has 0 radical (unpaired) electrons. The standard InChI is InChI=1S/C19H17F5N4O3/c20-18(21,22)12-1-4-16(25-10-12)28-7-5-27(6-8-28)11-17(29)26-13-2-3-14-15(9-13)31-19(23,24)30-14/h1-4,9-10H,5-8,11H2,(H,26,29). The fourth-order valence-electron chi connectivity index (χ4n) is 3.31. The van der Waals surface area contributed by atoms with Gasteiger partial charge in [-0.2, -0.15) is 13.2 Å². The number of piperazine rings is 1. The van der Waals surface area contributed by atoms with Crippen LogP contribution in [0.25, 0.3) is 0 Å². The summed E-state index contributed by atoms with van der Waals surface area (Å²) in [6, 6.07) is 6.28. The number of pyridine rings is 1. The van der Waals surface area contributed by atoms with Gasteiger partial charge < -0.3 is 19.7 Å². The van der Waals surface area contributed by atoms with E-state index in [9.17, 15) is 26.7 Å².